The number of ether oxygens (including phenoxy) is 1. The van der Waals surface area contributed by atoms with Crippen LogP contribution in [0.2, 0.25) is 5.02 Å². The van der Waals surface area contributed by atoms with Crippen LogP contribution in [0, 0.1) is 0 Å². The van der Waals surface area contributed by atoms with Gasteiger partial charge in [-0.25, -0.2) is 19.9 Å². The fourth-order valence-corrected chi connectivity index (χ4v) is 6.06. The van der Waals surface area contributed by atoms with Gasteiger partial charge in [-0.1, -0.05) is 48.0 Å². The molecule has 0 saturated carbocycles. The van der Waals surface area contributed by atoms with Crippen LogP contribution < -0.4 is 21.2 Å². The summed E-state index contributed by atoms with van der Waals surface area (Å²) in [6.45, 7) is 4.58. The van der Waals surface area contributed by atoms with Crippen molar-refractivity contribution in [3.05, 3.63) is 111 Å². The Morgan fingerprint density at radius 1 is 0.932 bits per heavy atom. The number of para-hydroxylation sites is 1. The molecule has 1 aliphatic rings. The van der Waals surface area contributed by atoms with Crippen LogP contribution in [0.1, 0.15) is 18.7 Å². The van der Waals surface area contributed by atoms with Gasteiger partial charge in [0.2, 0.25) is 5.95 Å². The average molecular weight is 607 g/mol. The van der Waals surface area contributed by atoms with Crippen molar-refractivity contribution < 1.29 is 4.74 Å². The van der Waals surface area contributed by atoms with Crippen LogP contribution >= 0.6 is 11.6 Å². The molecule has 7 rings (SSSR count). The molecule has 6 aromatic rings. The smallest absolute Gasteiger partial charge is 0.263 e. The fourth-order valence-electron chi connectivity index (χ4n) is 5.66. The summed E-state index contributed by atoms with van der Waals surface area (Å²) in [5.74, 6) is 0.953. The SMILES string of the molecule is C[C@H](Nc1ncnc2[nH]ccc(=O)c12)c1c(Cl)c2cccc(-c3cnc(N4CCOCC4)nc3)c2c(=O)n1-c1ccccc1. The van der Waals surface area contributed by atoms with Gasteiger partial charge < -0.3 is 19.9 Å². The van der Waals surface area contributed by atoms with Gasteiger partial charge in [0.25, 0.3) is 5.56 Å². The first kappa shape index (κ1) is 27.7. The maximum Gasteiger partial charge on any atom is 0.263 e. The second-order valence-corrected chi connectivity index (χ2v) is 10.8. The highest BCUT2D eigenvalue weighted by Crippen LogP contribution is 2.36. The van der Waals surface area contributed by atoms with Crippen LogP contribution in [0.5, 0.6) is 0 Å². The number of pyridine rings is 2. The fraction of sp³-hybridized carbons (Fsp3) is 0.188. The first-order valence-electron chi connectivity index (χ1n) is 14.2. The molecule has 1 atom stereocenters. The molecule has 5 heterocycles. The molecule has 0 radical (unpaired) electrons. The lowest BCUT2D eigenvalue weighted by atomic mass is 9.99. The molecule has 0 amide bonds. The molecule has 0 aliphatic carbocycles. The van der Waals surface area contributed by atoms with Gasteiger partial charge >= 0.3 is 0 Å². The summed E-state index contributed by atoms with van der Waals surface area (Å²) in [7, 11) is 0. The Labute approximate surface area is 256 Å². The Balaban J connectivity index is 1.39. The summed E-state index contributed by atoms with van der Waals surface area (Å²) in [4.78, 5) is 50.1. The predicted octanol–water partition coefficient (Wildman–Crippen LogP) is 4.74. The van der Waals surface area contributed by atoms with Gasteiger partial charge in [0, 0.05) is 54.4 Å². The molecule has 0 spiro atoms. The highest BCUT2D eigenvalue weighted by molar-refractivity contribution is 6.36. The van der Waals surface area contributed by atoms with Crippen molar-refractivity contribution >= 4 is 45.2 Å². The molecule has 12 heteroatoms. The summed E-state index contributed by atoms with van der Waals surface area (Å²) in [5.41, 5.74) is 2.45. The number of hydrogen-bond acceptors (Lipinski definition) is 9. The van der Waals surface area contributed by atoms with Gasteiger partial charge in [-0.15, -0.1) is 0 Å². The Hall–Kier alpha value is -5.13. The molecule has 0 bridgehead atoms. The Bertz CT molecular complexity index is 2100. The maximum atomic E-state index is 14.6. The van der Waals surface area contributed by atoms with E-state index in [0.717, 1.165) is 13.1 Å². The van der Waals surface area contributed by atoms with E-state index < -0.39 is 6.04 Å². The summed E-state index contributed by atoms with van der Waals surface area (Å²) in [6.07, 6.45) is 6.39. The minimum Gasteiger partial charge on any atom is -0.378 e. The van der Waals surface area contributed by atoms with E-state index in [2.05, 4.69) is 35.1 Å². The molecule has 1 saturated heterocycles. The van der Waals surface area contributed by atoms with Crippen LogP contribution in [0.4, 0.5) is 11.8 Å². The number of rotatable bonds is 6. The third kappa shape index (κ3) is 4.85. The summed E-state index contributed by atoms with van der Waals surface area (Å²) < 4.78 is 7.06. The highest BCUT2D eigenvalue weighted by Gasteiger charge is 2.25. The van der Waals surface area contributed by atoms with Crippen molar-refractivity contribution in [2.24, 2.45) is 0 Å². The van der Waals surface area contributed by atoms with Crippen molar-refractivity contribution in [3.63, 3.8) is 0 Å². The van der Waals surface area contributed by atoms with Gasteiger partial charge in [0.05, 0.1) is 35.4 Å². The van der Waals surface area contributed by atoms with Crippen molar-refractivity contribution in [2.75, 3.05) is 36.5 Å². The number of H-pyrrole nitrogens is 1. The number of aromatic amines is 1. The number of nitrogens with one attached hydrogen (secondary N) is 2. The maximum absolute atomic E-state index is 14.6. The van der Waals surface area contributed by atoms with E-state index in [0.29, 0.717) is 74.3 Å². The third-order valence-electron chi connectivity index (χ3n) is 7.75. The lowest BCUT2D eigenvalue weighted by Gasteiger charge is -2.26. The number of hydrogen-bond donors (Lipinski definition) is 2. The Morgan fingerprint density at radius 3 is 2.48 bits per heavy atom. The number of aromatic nitrogens is 6. The van der Waals surface area contributed by atoms with Crippen molar-refractivity contribution in [3.8, 4) is 16.8 Å². The minimum atomic E-state index is -0.544. The van der Waals surface area contributed by atoms with E-state index in [1.54, 1.807) is 17.0 Å². The number of morpholine rings is 1. The quantitative estimate of drug-likeness (QED) is 0.276. The highest BCUT2D eigenvalue weighted by atomic mass is 35.5. The second kappa shape index (κ2) is 11.5. The molecule has 11 nitrogen and oxygen atoms in total. The summed E-state index contributed by atoms with van der Waals surface area (Å²) in [5, 5.41) is 5.07. The number of anilines is 2. The van der Waals surface area contributed by atoms with E-state index >= 15 is 0 Å². The first-order chi connectivity index (χ1) is 21.5. The summed E-state index contributed by atoms with van der Waals surface area (Å²) >= 11 is 7.22. The third-order valence-corrected chi connectivity index (χ3v) is 8.15. The van der Waals surface area contributed by atoms with E-state index in [-0.39, 0.29) is 11.0 Å². The Morgan fingerprint density at radius 2 is 1.70 bits per heavy atom. The Kier molecular flexibility index (Phi) is 7.24. The molecule has 4 aromatic heterocycles. The second-order valence-electron chi connectivity index (χ2n) is 10.4. The zero-order valence-corrected chi connectivity index (χ0v) is 24.5. The number of benzene rings is 2. The van der Waals surface area contributed by atoms with Gasteiger partial charge in [-0.3, -0.25) is 14.2 Å². The largest absolute Gasteiger partial charge is 0.378 e. The number of nitrogens with zero attached hydrogens (tertiary/aromatic N) is 6. The van der Waals surface area contributed by atoms with E-state index in [4.69, 9.17) is 16.3 Å². The van der Waals surface area contributed by atoms with Crippen LogP contribution in [-0.2, 0) is 4.74 Å². The van der Waals surface area contributed by atoms with Crippen molar-refractivity contribution in [1.82, 2.24) is 29.5 Å². The van der Waals surface area contributed by atoms with Gasteiger partial charge in [-0.2, -0.15) is 0 Å². The lowest BCUT2D eigenvalue weighted by Crippen LogP contribution is -2.37. The summed E-state index contributed by atoms with van der Waals surface area (Å²) in [6, 6.07) is 15.8. The van der Waals surface area contributed by atoms with Crippen LogP contribution in [-0.4, -0.2) is 55.8 Å². The molecule has 44 heavy (non-hydrogen) atoms. The van der Waals surface area contributed by atoms with Crippen LogP contribution in [0.25, 0.3) is 38.6 Å². The zero-order valence-electron chi connectivity index (χ0n) is 23.7. The molecule has 1 fully saturated rings. The normalized spacial score (nSPS) is 14.2. The molecular formula is C32H27ClN8O3. The molecule has 1 aliphatic heterocycles. The zero-order chi connectivity index (χ0) is 30.2. The molecule has 0 unspecified atom stereocenters. The van der Waals surface area contributed by atoms with Crippen LogP contribution in [0.3, 0.4) is 0 Å². The van der Waals surface area contributed by atoms with Gasteiger partial charge in [-0.05, 0) is 24.6 Å². The average Bonchev–Trinajstić information content (AvgIpc) is 3.07. The van der Waals surface area contributed by atoms with Gasteiger partial charge in [0.15, 0.2) is 5.43 Å². The monoisotopic (exact) mass is 606 g/mol. The van der Waals surface area contributed by atoms with Gasteiger partial charge in [0.1, 0.15) is 23.2 Å². The number of halogens is 1. The van der Waals surface area contributed by atoms with E-state index in [1.807, 2.05) is 55.5 Å². The molecule has 2 aromatic carbocycles. The lowest BCUT2D eigenvalue weighted by molar-refractivity contribution is 0.122. The van der Waals surface area contributed by atoms with Crippen molar-refractivity contribution in [2.45, 2.75) is 13.0 Å². The molecule has 220 valence electrons. The van der Waals surface area contributed by atoms with Crippen molar-refractivity contribution in [1.29, 1.82) is 0 Å². The molecule has 2 N–H and O–H groups in total. The van der Waals surface area contributed by atoms with E-state index in [1.165, 1.54) is 18.6 Å². The minimum absolute atomic E-state index is 0.231. The topological polar surface area (TPSA) is 131 Å². The predicted molar refractivity (Wildman–Crippen MR) is 171 cm³/mol. The van der Waals surface area contributed by atoms with E-state index in [9.17, 15) is 9.59 Å². The first-order valence-corrected chi connectivity index (χ1v) is 14.6. The molecular weight excluding hydrogens is 580 g/mol. The number of fused-ring (bicyclic) bond motifs is 2. The standard InChI is InChI=1S/C32H27ClN8O3/c1-19(39-30-26-24(42)10-11-34-29(26)37-18-38-30)28-27(33)23-9-5-8-22(25(23)31(43)41(28)21-6-3-2-4-7-21)20-16-35-32(36-17-20)40-12-14-44-15-13-40/h2-11,16-19H,12-15H2,1H3,(H2,34,37,38,39,42)/t19-/m0/s1. The van der Waals surface area contributed by atoms with Crippen LogP contribution in [0.15, 0.2) is 89.1 Å².